The summed E-state index contributed by atoms with van der Waals surface area (Å²) in [6.07, 6.45) is 3.38. The second-order valence-corrected chi connectivity index (χ2v) is 7.52. The number of para-hydroxylation sites is 2. The van der Waals surface area contributed by atoms with Crippen LogP contribution in [0.15, 0.2) is 41.1 Å². The van der Waals surface area contributed by atoms with E-state index in [-0.39, 0.29) is 12.0 Å². The molecule has 0 radical (unpaired) electrons. The number of nitrogens with one attached hydrogen (secondary N) is 1. The Hall–Kier alpha value is -2.18. The van der Waals surface area contributed by atoms with Gasteiger partial charge < -0.3 is 14.6 Å². The number of fused-ring (bicyclic) bond motifs is 1. The van der Waals surface area contributed by atoms with Crippen molar-refractivity contribution in [2.24, 2.45) is 0 Å². The molecule has 1 aromatic carbocycles. The molecule has 0 bridgehead atoms. The largest absolute Gasteiger partial charge is 0.376 e. The number of nitrogens with zero attached hydrogens (tertiary/aromatic N) is 2. The molecule has 0 unspecified atom stereocenters. The van der Waals surface area contributed by atoms with E-state index in [4.69, 9.17) is 4.74 Å². The molecular formula is C20H23N3O2S. The van der Waals surface area contributed by atoms with Crippen molar-refractivity contribution in [2.75, 3.05) is 13.2 Å². The van der Waals surface area contributed by atoms with E-state index in [2.05, 4.69) is 26.8 Å². The lowest BCUT2D eigenvalue weighted by molar-refractivity contribution is -0.133. The van der Waals surface area contributed by atoms with Gasteiger partial charge in [0.05, 0.1) is 17.1 Å². The Morgan fingerprint density at radius 1 is 1.35 bits per heavy atom. The van der Waals surface area contributed by atoms with Gasteiger partial charge in [0.15, 0.2) is 0 Å². The zero-order chi connectivity index (χ0) is 17.8. The fourth-order valence-corrected chi connectivity index (χ4v) is 4.06. The number of aromatic nitrogens is 2. The first-order valence-corrected chi connectivity index (χ1v) is 10.1. The number of hydrogen-bond donors (Lipinski definition) is 1. The third-order valence-corrected chi connectivity index (χ3v) is 5.50. The summed E-state index contributed by atoms with van der Waals surface area (Å²) < 4.78 is 5.75. The average Bonchev–Trinajstić information content (AvgIpc) is 3.40. The highest BCUT2D eigenvalue weighted by atomic mass is 32.1. The molecule has 0 aliphatic carbocycles. The van der Waals surface area contributed by atoms with Crippen molar-refractivity contribution in [3.63, 3.8) is 0 Å². The molecule has 1 aliphatic rings. The summed E-state index contributed by atoms with van der Waals surface area (Å²) in [6, 6.07) is 10.0. The minimum absolute atomic E-state index is 0.159. The number of hydrogen-bond acceptors (Lipinski definition) is 4. The van der Waals surface area contributed by atoms with Crippen molar-refractivity contribution in [3.05, 3.63) is 52.5 Å². The van der Waals surface area contributed by atoms with Gasteiger partial charge in [0, 0.05) is 32.5 Å². The van der Waals surface area contributed by atoms with E-state index in [0.717, 1.165) is 36.3 Å². The predicted octanol–water partition coefficient (Wildman–Crippen LogP) is 3.76. The van der Waals surface area contributed by atoms with Gasteiger partial charge in [0.2, 0.25) is 5.91 Å². The van der Waals surface area contributed by atoms with Crippen LogP contribution in [0.5, 0.6) is 0 Å². The second-order valence-electron chi connectivity index (χ2n) is 6.74. The molecule has 1 fully saturated rings. The van der Waals surface area contributed by atoms with E-state index < -0.39 is 0 Å². The Kier molecular flexibility index (Phi) is 5.32. The summed E-state index contributed by atoms with van der Waals surface area (Å²) >= 11 is 1.66. The van der Waals surface area contributed by atoms with E-state index >= 15 is 0 Å². The monoisotopic (exact) mass is 369 g/mol. The Balaban J connectivity index is 1.40. The fraction of sp³-hybridized carbons (Fsp3) is 0.400. The number of rotatable bonds is 7. The van der Waals surface area contributed by atoms with E-state index in [1.54, 1.807) is 11.3 Å². The fourth-order valence-electron chi connectivity index (χ4n) is 3.40. The number of carbonyl (C=O) groups excluding carboxylic acids is 1. The summed E-state index contributed by atoms with van der Waals surface area (Å²) in [5, 5.41) is 4.16. The van der Waals surface area contributed by atoms with E-state index in [1.165, 1.54) is 5.56 Å². The number of imidazole rings is 1. The van der Waals surface area contributed by atoms with Crippen molar-refractivity contribution in [3.8, 4) is 0 Å². The lowest BCUT2D eigenvalue weighted by atomic mass is 10.2. The topological polar surface area (TPSA) is 58.2 Å². The number of thiophene rings is 1. The van der Waals surface area contributed by atoms with E-state index in [9.17, 15) is 4.79 Å². The number of aromatic amines is 1. The lowest BCUT2D eigenvalue weighted by Crippen LogP contribution is -2.37. The van der Waals surface area contributed by atoms with Crippen molar-refractivity contribution >= 4 is 28.3 Å². The Morgan fingerprint density at radius 2 is 2.27 bits per heavy atom. The first kappa shape index (κ1) is 17.2. The quantitative estimate of drug-likeness (QED) is 0.690. The maximum Gasteiger partial charge on any atom is 0.223 e. The number of aryl methyl sites for hydroxylation is 1. The molecule has 1 saturated heterocycles. The van der Waals surface area contributed by atoms with Crippen LogP contribution in [-0.4, -0.2) is 40.0 Å². The standard InChI is InChI=1S/C20H23N3O2S/c24-20(8-7-19-21-17-5-1-2-6-18(17)22-19)23(12-15-9-11-26-14-15)13-16-4-3-10-25-16/h1-2,5-6,9,11,14,16H,3-4,7-8,10,12-13H2,(H,21,22)/t16-/m1/s1. The molecule has 1 aliphatic heterocycles. The molecule has 136 valence electrons. The molecule has 1 atom stereocenters. The number of carbonyl (C=O) groups is 1. The lowest BCUT2D eigenvalue weighted by Gasteiger charge is -2.25. The summed E-state index contributed by atoms with van der Waals surface area (Å²) in [5.74, 6) is 1.03. The zero-order valence-electron chi connectivity index (χ0n) is 14.7. The summed E-state index contributed by atoms with van der Waals surface area (Å²) in [4.78, 5) is 22.7. The number of ether oxygens (including phenoxy) is 1. The van der Waals surface area contributed by atoms with Gasteiger partial charge in [-0.3, -0.25) is 4.79 Å². The molecule has 5 nitrogen and oxygen atoms in total. The van der Waals surface area contributed by atoms with Gasteiger partial charge in [-0.05, 0) is 47.4 Å². The molecule has 1 amide bonds. The third kappa shape index (κ3) is 4.14. The Labute approximate surface area is 157 Å². The minimum Gasteiger partial charge on any atom is -0.376 e. The van der Waals surface area contributed by atoms with Crippen molar-refractivity contribution in [1.82, 2.24) is 14.9 Å². The zero-order valence-corrected chi connectivity index (χ0v) is 15.5. The molecule has 3 heterocycles. The number of amides is 1. The van der Waals surface area contributed by atoms with Gasteiger partial charge in [-0.2, -0.15) is 11.3 Å². The maximum absolute atomic E-state index is 12.9. The third-order valence-electron chi connectivity index (χ3n) is 4.77. The summed E-state index contributed by atoms with van der Waals surface area (Å²) in [7, 11) is 0. The molecule has 26 heavy (non-hydrogen) atoms. The average molecular weight is 369 g/mol. The molecule has 1 N–H and O–H groups in total. The maximum atomic E-state index is 12.9. The number of H-pyrrole nitrogens is 1. The Morgan fingerprint density at radius 3 is 3.04 bits per heavy atom. The minimum atomic E-state index is 0.159. The Bertz CT molecular complexity index is 820. The summed E-state index contributed by atoms with van der Waals surface area (Å²) in [6.45, 7) is 2.14. The molecule has 6 heteroatoms. The number of benzene rings is 1. The first-order valence-electron chi connectivity index (χ1n) is 9.12. The van der Waals surface area contributed by atoms with Crippen LogP contribution in [0.1, 0.15) is 30.7 Å². The predicted molar refractivity (Wildman–Crippen MR) is 103 cm³/mol. The van der Waals surface area contributed by atoms with Crippen LogP contribution in [0.4, 0.5) is 0 Å². The molecule has 3 aromatic rings. The van der Waals surface area contributed by atoms with Crippen molar-refractivity contribution in [1.29, 1.82) is 0 Å². The first-order chi connectivity index (χ1) is 12.8. The smallest absolute Gasteiger partial charge is 0.223 e. The van der Waals surface area contributed by atoms with E-state index in [0.29, 0.717) is 25.9 Å². The van der Waals surface area contributed by atoms with Crippen molar-refractivity contribution < 1.29 is 9.53 Å². The molecule has 2 aromatic heterocycles. The highest BCUT2D eigenvalue weighted by Crippen LogP contribution is 2.18. The van der Waals surface area contributed by atoms with Crippen LogP contribution in [-0.2, 0) is 22.5 Å². The van der Waals surface area contributed by atoms with Crippen LogP contribution in [0, 0.1) is 0 Å². The molecule has 0 spiro atoms. The van der Waals surface area contributed by atoms with Gasteiger partial charge in [-0.25, -0.2) is 4.98 Å². The van der Waals surface area contributed by atoms with Crippen LogP contribution >= 0.6 is 11.3 Å². The normalized spacial score (nSPS) is 17.0. The SMILES string of the molecule is O=C(CCc1nc2ccccc2[nH]1)N(Cc1ccsc1)C[C@H]1CCCO1. The van der Waals surface area contributed by atoms with Gasteiger partial charge in [-0.1, -0.05) is 12.1 Å². The molecular weight excluding hydrogens is 346 g/mol. The van der Waals surface area contributed by atoms with Crippen LogP contribution in [0.3, 0.4) is 0 Å². The molecule has 0 saturated carbocycles. The molecule has 4 rings (SSSR count). The highest BCUT2D eigenvalue weighted by Gasteiger charge is 2.23. The van der Waals surface area contributed by atoms with Gasteiger partial charge in [0.25, 0.3) is 0 Å². The van der Waals surface area contributed by atoms with Crippen LogP contribution in [0.2, 0.25) is 0 Å². The van der Waals surface area contributed by atoms with Gasteiger partial charge >= 0.3 is 0 Å². The van der Waals surface area contributed by atoms with Crippen LogP contribution in [0.25, 0.3) is 11.0 Å². The highest BCUT2D eigenvalue weighted by molar-refractivity contribution is 7.07. The van der Waals surface area contributed by atoms with Crippen LogP contribution < -0.4 is 0 Å². The van der Waals surface area contributed by atoms with Crippen molar-refractivity contribution in [2.45, 2.75) is 38.3 Å². The summed E-state index contributed by atoms with van der Waals surface area (Å²) in [5.41, 5.74) is 3.15. The van der Waals surface area contributed by atoms with Gasteiger partial charge in [-0.15, -0.1) is 0 Å². The second kappa shape index (κ2) is 8.01. The van der Waals surface area contributed by atoms with E-state index in [1.807, 2.05) is 29.2 Å². The van der Waals surface area contributed by atoms with Gasteiger partial charge in [0.1, 0.15) is 5.82 Å².